The minimum atomic E-state index is 0.107. The number of hydrogen-bond acceptors (Lipinski definition) is 2. The van der Waals surface area contributed by atoms with Crippen molar-refractivity contribution in [3.8, 4) is 0 Å². The quantitative estimate of drug-likeness (QED) is 0.664. The molecule has 0 atom stereocenters. The van der Waals surface area contributed by atoms with Crippen LogP contribution in [0.15, 0.2) is 11.1 Å². The van der Waals surface area contributed by atoms with Gasteiger partial charge in [0.2, 0.25) is 5.91 Å². The first-order valence-electron chi connectivity index (χ1n) is 5.39. The Kier molecular flexibility index (Phi) is 4.14. The zero-order valence-corrected chi connectivity index (χ0v) is 9.31. The lowest BCUT2D eigenvalue weighted by atomic mass is 10.0. The maximum absolute atomic E-state index is 11.7. The topological polar surface area (TPSA) is 41.1 Å². The maximum atomic E-state index is 11.7. The molecule has 0 bridgehead atoms. The molecule has 3 heteroatoms. The number of hydrogen-bond donors (Lipinski definition) is 2. The van der Waals surface area contributed by atoms with Gasteiger partial charge in [0.15, 0.2) is 0 Å². The van der Waals surface area contributed by atoms with E-state index in [9.17, 15) is 4.79 Å². The first-order valence-corrected chi connectivity index (χ1v) is 5.39. The molecule has 1 amide bonds. The standard InChI is InChI=1S/C11H20N2O/c1-4-10(5-2)13-11(14)8(3)9-6-12-7-9/h10,12H,4-7H2,1-3H3,(H,13,14). The van der Waals surface area contributed by atoms with Crippen molar-refractivity contribution < 1.29 is 4.79 Å². The van der Waals surface area contributed by atoms with Gasteiger partial charge in [0, 0.05) is 24.7 Å². The average Bonchev–Trinajstić information content (AvgIpc) is 2.10. The van der Waals surface area contributed by atoms with Gasteiger partial charge < -0.3 is 10.6 Å². The van der Waals surface area contributed by atoms with Crippen molar-refractivity contribution in [1.82, 2.24) is 10.6 Å². The Morgan fingerprint density at radius 3 is 2.36 bits per heavy atom. The van der Waals surface area contributed by atoms with E-state index in [4.69, 9.17) is 0 Å². The Labute approximate surface area is 86.0 Å². The van der Waals surface area contributed by atoms with Crippen LogP contribution < -0.4 is 10.6 Å². The van der Waals surface area contributed by atoms with E-state index in [2.05, 4.69) is 24.5 Å². The van der Waals surface area contributed by atoms with Crippen LogP contribution in [-0.4, -0.2) is 25.0 Å². The van der Waals surface area contributed by atoms with Gasteiger partial charge in [-0.05, 0) is 25.3 Å². The molecule has 1 aliphatic heterocycles. The van der Waals surface area contributed by atoms with Gasteiger partial charge in [0.25, 0.3) is 0 Å². The molecular weight excluding hydrogens is 176 g/mol. The van der Waals surface area contributed by atoms with Crippen molar-refractivity contribution in [1.29, 1.82) is 0 Å². The highest BCUT2D eigenvalue weighted by molar-refractivity contribution is 5.94. The molecule has 0 unspecified atom stereocenters. The SMILES string of the molecule is CCC(CC)NC(=O)C(C)=C1CNC1. The van der Waals surface area contributed by atoms with Crippen LogP contribution in [0, 0.1) is 0 Å². The summed E-state index contributed by atoms with van der Waals surface area (Å²) in [5, 5.41) is 6.18. The Morgan fingerprint density at radius 1 is 1.43 bits per heavy atom. The van der Waals surface area contributed by atoms with Crippen LogP contribution in [-0.2, 0) is 4.79 Å². The first-order chi connectivity index (χ1) is 6.69. The molecule has 1 saturated heterocycles. The molecule has 1 heterocycles. The van der Waals surface area contributed by atoms with Crippen molar-refractivity contribution in [2.24, 2.45) is 0 Å². The van der Waals surface area contributed by atoms with Gasteiger partial charge in [0.1, 0.15) is 0 Å². The van der Waals surface area contributed by atoms with E-state index in [1.54, 1.807) is 0 Å². The molecule has 0 aromatic rings. The van der Waals surface area contributed by atoms with Gasteiger partial charge in [0.05, 0.1) is 0 Å². The van der Waals surface area contributed by atoms with E-state index < -0.39 is 0 Å². The van der Waals surface area contributed by atoms with Gasteiger partial charge in [-0.15, -0.1) is 0 Å². The highest BCUT2D eigenvalue weighted by atomic mass is 16.1. The predicted octanol–water partition coefficient (Wildman–Crippen LogP) is 1.21. The van der Waals surface area contributed by atoms with E-state index >= 15 is 0 Å². The zero-order chi connectivity index (χ0) is 10.6. The summed E-state index contributed by atoms with van der Waals surface area (Å²) in [5.41, 5.74) is 2.14. The largest absolute Gasteiger partial charge is 0.350 e. The Balaban J connectivity index is 2.48. The van der Waals surface area contributed by atoms with Gasteiger partial charge in [-0.2, -0.15) is 0 Å². The second-order valence-corrected chi connectivity index (χ2v) is 3.82. The second kappa shape index (κ2) is 5.15. The third kappa shape index (κ3) is 2.58. The van der Waals surface area contributed by atoms with E-state index in [-0.39, 0.29) is 5.91 Å². The monoisotopic (exact) mass is 196 g/mol. The molecule has 0 saturated carbocycles. The smallest absolute Gasteiger partial charge is 0.247 e. The maximum Gasteiger partial charge on any atom is 0.247 e. The molecule has 1 rings (SSSR count). The average molecular weight is 196 g/mol. The Morgan fingerprint density at radius 2 is 2.00 bits per heavy atom. The van der Waals surface area contributed by atoms with Crippen molar-refractivity contribution >= 4 is 5.91 Å². The highest BCUT2D eigenvalue weighted by Gasteiger charge is 2.17. The molecule has 1 aliphatic rings. The lowest BCUT2D eigenvalue weighted by Crippen LogP contribution is -2.40. The first kappa shape index (κ1) is 11.2. The Hall–Kier alpha value is -0.830. The van der Waals surface area contributed by atoms with Gasteiger partial charge in [-0.1, -0.05) is 13.8 Å². The summed E-state index contributed by atoms with van der Waals surface area (Å²) in [6.07, 6.45) is 2.01. The molecule has 3 nitrogen and oxygen atoms in total. The predicted molar refractivity (Wildman–Crippen MR) is 58.1 cm³/mol. The van der Waals surface area contributed by atoms with Gasteiger partial charge in [-0.25, -0.2) is 0 Å². The van der Waals surface area contributed by atoms with Crippen LogP contribution in [0.5, 0.6) is 0 Å². The molecule has 80 valence electrons. The molecular formula is C11H20N2O. The molecule has 0 aromatic carbocycles. The van der Waals surface area contributed by atoms with Crippen LogP contribution in [0.3, 0.4) is 0 Å². The lowest BCUT2D eigenvalue weighted by molar-refractivity contribution is -0.118. The second-order valence-electron chi connectivity index (χ2n) is 3.82. The zero-order valence-electron chi connectivity index (χ0n) is 9.31. The summed E-state index contributed by atoms with van der Waals surface area (Å²) in [5.74, 6) is 0.107. The third-order valence-corrected chi connectivity index (χ3v) is 2.87. The lowest BCUT2D eigenvalue weighted by Gasteiger charge is -2.23. The van der Waals surface area contributed by atoms with Crippen LogP contribution in [0.1, 0.15) is 33.6 Å². The van der Waals surface area contributed by atoms with Crippen molar-refractivity contribution in [3.05, 3.63) is 11.1 Å². The molecule has 2 N–H and O–H groups in total. The normalized spacial score (nSPS) is 15.3. The number of carbonyl (C=O) groups is 1. The number of rotatable bonds is 4. The molecule has 0 spiro atoms. The summed E-state index contributed by atoms with van der Waals surface area (Å²) >= 11 is 0. The van der Waals surface area contributed by atoms with Crippen LogP contribution in [0.2, 0.25) is 0 Å². The van der Waals surface area contributed by atoms with E-state index in [1.165, 1.54) is 5.57 Å². The minimum absolute atomic E-state index is 0.107. The van der Waals surface area contributed by atoms with Crippen LogP contribution in [0.4, 0.5) is 0 Å². The molecule has 14 heavy (non-hydrogen) atoms. The van der Waals surface area contributed by atoms with Gasteiger partial charge in [-0.3, -0.25) is 4.79 Å². The molecule has 0 aromatic heterocycles. The van der Waals surface area contributed by atoms with Gasteiger partial charge >= 0.3 is 0 Å². The summed E-state index contributed by atoms with van der Waals surface area (Å²) in [4.78, 5) is 11.7. The number of nitrogens with one attached hydrogen (secondary N) is 2. The number of carbonyl (C=O) groups excluding carboxylic acids is 1. The van der Waals surface area contributed by atoms with Crippen molar-refractivity contribution in [2.45, 2.75) is 39.7 Å². The Bertz CT molecular complexity index is 236. The van der Waals surface area contributed by atoms with Crippen molar-refractivity contribution in [3.63, 3.8) is 0 Å². The summed E-state index contributed by atoms with van der Waals surface area (Å²) in [6, 6.07) is 0.325. The summed E-state index contributed by atoms with van der Waals surface area (Å²) in [6.45, 7) is 7.86. The highest BCUT2D eigenvalue weighted by Crippen LogP contribution is 2.09. The fraction of sp³-hybridized carbons (Fsp3) is 0.727. The van der Waals surface area contributed by atoms with E-state index in [1.807, 2.05) is 6.92 Å². The molecule has 0 radical (unpaired) electrons. The van der Waals surface area contributed by atoms with Crippen LogP contribution in [0.25, 0.3) is 0 Å². The number of amides is 1. The van der Waals surface area contributed by atoms with E-state index in [0.29, 0.717) is 6.04 Å². The van der Waals surface area contributed by atoms with Crippen LogP contribution >= 0.6 is 0 Å². The fourth-order valence-electron chi connectivity index (χ4n) is 1.46. The fourth-order valence-corrected chi connectivity index (χ4v) is 1.46. The summed E-state index contributed by atoms with van der Waals surface area (Å²) < 4.78 is 0. The molecule has 0 aliphatic carbocycles. The minimum Gasteiger partial charge on any atom is -0.350 e. The van der Waals surface area contributed by atoms with E-state index in [0.717, 1.165) is 31.5 Å². The molecule has 1 fully saturated rings. The third-order valence-electron chi connectivity index (χ3n) is 2.87. The van der Waals surface area contributed by atoms with Crippen molar-refractivity contribution in [2.75, 3.05) is 13.1 Å². The summed E-state index contributed by atoms with van der Waals surface area (Å²) in [7, 11) is 0.